The Bertz CT molecular complexity index is 516. The van der Waals surface area contributed by atoms with Crippen LogP contribution in [0.3, 0.4) is 0 Å². The van der Waals surface area contributed by atoms with Crippen molar-refractivity contribution in [3.63, 3.8) is 0 Å². The van der Waals surface area contributed by atoms with Crippen molar-refractivity contribution in [1.29, 1.82) is 0 Å². The topological polar surface area (TPSA) is 75.6 Å². The summed E-state index contributed by atoms with van der Waals surface area (Å²) in [6.45, 7) is 1.67. The first-order chi connectivity index (χ1) is 10.5. The number of hydrogen-bond acceptors (Lipinski definition) is 3. The summed E-state index contributed by atoms with van der Waals surface area (Å²) in [6.07, 6.45) is 6.48. The molecule has 22 heavy (non-hydrogen) atoms. The fourth-order valence-electron chi connectivity index (χ4n) is 2.80. The number of rotatable bonds is 5. The van der Waals surface area contributed by atoms with Gasteiger partial charge in [0.1, 0.15) is 5.75 Å². The third kappa shape index (κ3) is 4.48. The number of anilines is 1. The predicted octanol–water partition coefficient (Wildman–Crippen LogP) is 3.45. The Hall–Kier alpha value is -2.04. The number of amides is 1. The van der Waals surface area contributed by atoms with Crippen molar-refractivity contribution in [3.8, 4) is 5.75 Å². The van der Waals surface area contributed by atoms with Crippen molar-refractivity contribution in [3.05, 3.63) is 24.3 Å². The Morgan fingerprint density at radius 3 is 2.27 bits per heavy atom. The highest BCUT2D eigenvalue weighted by Gasteiger charge is 2.33. The number of carboxylic acids is 1. The zero-order valence-corrected chi connectivity index (χ0v) is 12.9. The number of aliphatic carboxylic acids is 1. The lowest BCUT2D eigenvalue weighted by Gasteiger charge is -2.26. The van der Waals surface area contributed by atoms with Crippen LogP contribution in [0.4, 0.5) is 5.69 Å². The van der Waals surface area contributed by atoms with Gasteiger partial charge in [0, 0.05) is 11.1 Å². The molecule has 1 aliphatic carbocycles. The fourth-order valence-corrected chi connectivity index (χ4v) is 2.80. The van der Waals surface area contributed by atoms with Crippen LogP contribution in [0.2, 0.25) is 0 Å². The summed E-state index contributed by atoms with van der Waals surface area (Å²) in [4.78, 5) is 23.0. The van der Waals surface area contributed by atoms with E-state index >= 15 is 0 Å². The van der Waals surface area contributed by atoms with E-state index in [2.05, 4.69) is 5.32 Å². The molecule has 5 nitrogen and oxygen atoms in total. The minimum Gasteiger partial charge on any atom is -0.482 e. The van der Waals surface area contributed by atoms with E-state index in [0.717, 1.165) is 25.7 Å². The van der Waals surface area contributed by atoms with E-state index in [9.17, 15) is 9.59 Å². The fraction of sp³-hybridized carbons (Fsp3) is 0.529. The van der Waals surface area contributed by atoms with Gasteiger partial charge in [0.2, 0.25) is 5.91 Å². The number of carboxylic acid groups (broad SMARTS) is 1. The molecule has 120 valence electrons. The van der Waals surface area contributed by atoms with E-state index in [4.69, 9.17) is 9.84 Å². The summed E-state index contributed by atoms with van der Waals surface area (Å²) in [5.74, 6) is -0.478. The maximum atomic E-state index is 12.5. The van der Waals surface area contributed by atoms with Gasteiger partial charge in [0.05, 0.1) is 0 Å². The molecule has 0 radical (unpaired) electrons. The molecule has 1 amide bonds. The van der Waals surface area contributed by atoms with Crippen LogP contribution in [0.1, 0.15) is 45.4 Å². The van der Waals surface area contributed by atoms with Crippen molar-refractivity contribution in [2.45, 2.75) is 45.4 Å². The molecule has 0 aliphatic heterocycles. The number of nitrogens with one attached hydrogen (secondary N) is 1. The normalized spacial score (nSPS) is 17.3. The Balaban J connectivity index is 1.94. The van der Waals surface area contributed by atoms with Crippen molar-refractivity contribution < 1.29 is 19.4 Å². The zero-order chi connectivity index (χ0) is 16.0. The van der Waals surface area contributed by atoms with Gasteiger partial charge in [-0.2, -0.15) is 0 Å². The van der Waals surface area contributed by atoms with E-state index in [-0.39, 0.29) is 17.9 Å². The van der Waals surface area contributed by atoms with Crippen LogP contribution in [0.5, 0.6) is 5.75 Å². The molecule has 0 spiro atoms. The lowest BCUT2D eigenvalue weighted by atomic mass is 9.81. The lowest BCUT2D eigenvalue weighted by Crippen LogP contribution is -2.33. The maximum Gasteiger partial charge on any atom is 0.341 e. The minimum atomic E-state index is -1.02. The third-order valence-electron chi connectivity index (χ3n) is 4.23. The summed E-state index contributed by atoms with van der Waals surface area (Å²) >= 11 is 0. The first-order valence-electron chi connectivity index (χ1n) is 7.76. The second-order valence-corrected chi connectivity index (χ2v) is 6.14. The highest BCUT2D eigenvalue weighted by molar-refractivity contribution is 5.95. The second kappa shape index (κ2) is 7.29. The number of carbonyl (C=O) groups is 2. The average molecular weight is 305 g/mol. The van der Waals surface area contributed by atoms with Crippen LogP contribution in [-0.4, -0.2) is 23.6 Å². The summed E-state index contributed by atoms with van der Waals surface area (Å²) in [5.41, 5.74) is 0.410. The summed E-state index contributed by atoms with van der Waals surface area (Å²) in [6, 6.07) is 6.78. The van der Waals surface area contributed by atoms with Crippen LogP contribution in [0, 0.1) is 5.41 Å². The highest BCUT2D eigenvalue weighted by atomic mass is 16.5. The van der Waals surface area contributed by atoms with Gasteiger partial charge in [0.15, 0.2) is 6.61 Å². The molecule has 1 aromatic rings. The van der Waals surface area contributed by atoms with Gasteiger partial charge in [-0.25, -0.2) is 4.79 Å². The van der Waals surface area contributed by atoms with Gasteiger partial charge in [-0.15, -0.1) is 0 Å². The Kier molecular flexibility index (Phi) is 5.41. The zero-order valence-electron chi connectivity index (χ0n) is 12.9. The molecule has 1 fully saturated rings. The SMILES string of the molecule is CC1(C(=O)Nc2ccc(OCC(=O)O)cc2)CCCCCC1. The van der Waals surface area contributed by atoms with Gasteiger partial charge >= 0.3 is 5.97 Å². The van der Waals surface area contributed by atoms with Crippen LogP contribution in [-0.2, 0) is 9.59 Å². The first-order valence-corrected chi connectivity index (χ1v) is 7.76. The van der Waals surface area contributed by atoms with Crippen LogP contribution in [0.25, 0.3) is 0 Å². The quantitative estimate of drug-likeness (QED) is 0.817. The second-order valence-electron chi connectivity index (χ2n) is 6.14. The molecule has 1 saturated carbocycles. The monoisotopic (exact) mass is 305 g/mol. The summed E-state index contributed by atoms with van der Waals surface area (Å²) in [5, 5.41) is 11.5. The molecular formula is C17H23NO4. The molecule has 2 N–H and O–H groups in total. The molecule has 5 heteroatoms. The van der Waals surface area contributed by atoms with Gasteiger partial charge in [-0.1, -0.05) is 32.6 Å². The largest absolute Gasteiger partial charge is 0.482 e. The molecule has 0 saturated heterocycles. The van der Waals surface area contributed by atoms with E-state index < -0.39 is 5.97 Å². The van der Waals surface area contributed by atoms with E-state index in [0.29, 0.717) is 11.4 Å². The molecule has 0 bridgehead atoms. The smallest absolute Gasteiger partial charge is 0.341 e. The van der Waals surface area contributed by atoms with Crippen molar-refractivity contribution in [1.82, 2.24) is 0 Å². The van der Waals surface area contributed by atoms with E-state index in [1.807, 2.05) is 6.92 Å². The molecule has 0 aromatic heterocycles. The van der Waals surface area contributed by atoms with E-state index in [1.165, 1.54) is 12.8 Å². The molecular weight excluding hydrogens is 282 g/mol. The molecule has 2 rings (SSSR count). The summed E-state index contributed by atoms with van der Waals surface area (Å²) in [7, 11) is 0. The van der Waals surface area contributed by atoms with Crippen LogP contribution >= 0.6 is 0 Å². The minimum absolute atomic E-state index is 0.0635. The highest BCUT2D eigenvalue weighted by Crippen LogP contribution is 2.35. The third-order valence-corrected chi connectivity index (χ3v) is 4.23. The lowest BCUT2D eigenvalue weighted by molar-refractivity contribution is -0.139. The van der Waals surface area contributed by atoms with Crippen LogP contribution < -0.4 is 10.1 Å². The maximum absolute atomic E-state index is 12.5. The summed E-state index contributed by atoms with van der Waals surface area (Å²) < 4.78 is 5.07. The van der Waals surface area contributed by atoms with Gasteiger partial charge in [-0.05, 0) is 37.1 Å². The van der Waals surface area contributed by atoms with E-state index in [1.54, 1.807) is 24.3 Å². The van der Waals surface area contributed by atoms with Gasteiger partial charge in [0.25, 0.3) is 0 Å². The number of hydrogen-bond donors (Lipinski definition) is 2. The molecule has 1 aromatic carbocycles. The standard InChI is InChI=1S/C17H23NO4/c1-17(10-4-2-3-5-11-17)16(21)18-13-6-8-14(9-7-13)22-12-15(19)20/h6-9H,2-5,10-12H2,1H3,(H,18,21)(H,19,20). The Labute approximate surface area is 130 Å². The Morgan fingerprint density at radius 2 is 1.73 bits per heavy atom. The Morgan fingerprint density at radius 1 is 1.14 bits per heavy atom. The molecule has 0 atom stereocenters. The molecule has 0 unspecified atom stereocenters. The molecule has 1 aliphatic rings. The average Bonchev–Trinajstić information content (AvgIpc) is 2.72. The van der Waals surface area contributed by atoms with Gasteiger partial charge in [-0.3, -0.25) is 4.79 Å². The van der Waals surface area contributed by atoms with Crippen LogP contribution in [0.15, 0.2) is 24.3 Å². The molecule has 0 heterocycles. The van der Waals surface area contributed by atoms with Crippen molar-refractivity contribution in [2.75, 3.05) is 11.9 Å². The number of benzene rings is 1. The van der Waals surface area contributed by atoms with Crippen molar-refractivity contribution >= 4 is 17.6 Å². The van der Waals surface area contributed by atoms with Gasteiger partial charge < -0.3 is 15.2 Å². The predicted molar refractivity (Wildman–Crippen MR) is 84.0 cm³/mol. The van der Waals surface area contributed by atoms with Crippen molar-refractivity contribution in [2.24, 2.45) is 5.41 Å². The number of ether oxygens (including phenoxy) is 1. The number of carbonyl (C=O) groups excluding carboxylic acids is 1. The first kappa shape index (κ1) is 16.3.